The molecule has 1 aromatic carbocycles. The molecule has 1 fully saturated rings. The van der Waals surface area contributed by atoms with Crippen molar-refractivity contribution in [3.8, 4) is 0 Å². The molecule has 3 N–H and O–H groups in total. The Morgan fingerprint density at radius 2 is 1.84 bits per heavy atom. The van der Waals surface area contributed by atoms with Crippen molar-refractivity contribution in [1.82, 2.24) is 25.5 Å². The van der Waals surface area contributed by atoms with Gasteiger partial charge in [0.25, 0.3) is 11.8 Å². The van der Waals surface area contributed by atoms with Crippen LogP contribution in [0.4, 0.5) is 0 Å². The molecule has 170 valence electrons. The SMILES string of the molecule is CN1Cc2nc(C(=O)N[C@@H]3CCCC[C@@H]3NC(=O)c3cc4cc(Cl)ccc4[nH]3)sc2C1.Cl. The van der Waals surface area contributed by atoms with Gasteiger partial charge < -0.3 is 15.6 Å². The first-order valence-corrected chi connectivity index (χ1v) is 11.7. The van der Waals surface area contributed by atoms with Crippen molar-refractivity contribution in [3.63, 3.8) is 0 Å². The first-order valence-electron chi connectivity index (χ1n) is 10.5. The molecule has 0 spiro atoms. The van der Waals surface area contributed by atoms with Gasteiger partial charge in [0, 0.05) is 46.0 Å². The highest BCUT2D eigenvalue weighted by molar-refractivity contribution is 7.13. The van der Waals surface area contributed by atoms with E-state index in [0.29, 0.717) is 15.7 Å². The molecule has 32 heavy (non-hydrogen) atoms. The first kappa shape index (κ1) is 23.0. The number of nitrogens with one attached hydrogen (secondary N) is 3. The zero-order valence-corrected chi connectivity index (χ0v) is 20.0. The second-order valence-electron chi connectivity index (χ2n) is 8.42. The summed E-state index contributed by atoms with van der Waals surface area (Å²) in [4.78, 5) is 36.8. The standard InChI is InChI=1S/C22H24ClN5O2S.ClH/c1-28-10-18-19(11-28)31-22(27-18)21(30)26-16-5-3-2-4-15(16)25-20(29)17-9-12-8-13(23)6-7-14(12)24-17;/h6-9,15-16,24H,2-5,10-11H2,1H3,(H,25,29)(H,26,30);1H/t15-,16+;/m0./s1. The van der Waals surface area contributed by atoms with E-state index in [1.54, 1.807) is 12.1 Å². The van der Waals surface area contributed by atoms with Crippen LogP contribution in [0, 0.1) is 0 Å². The number of amides is 2. The number of hydrogen-bond acceptors (Lipinski definition) is 5. The highest BCUT2D eigenvalue weighted by atomic mass is 35.5. The molecule has 0 saturated heterocycles. The molecule has 1 saturated carbocycles. The van der Waals surface area contributed by atoms with Crippen LogP contribution >= 0.6 is 35.3 Å². The smallest absolute Gasteiger partial charge is 0.280 e. The topological polar surface area (TPSA) is 90.1 Å². The van der Waals surface area contributed by atoms with E-state index in [4.69, 9.17) is 11.6 Å². The molecule has 2 amide bonds. The van der Waals surface area contributed by atoms with E-state index in [1.807, 2.05) is 19.2 Å². The van der Waals surface area contributed by atoms with Crippen molar-refractivity contribution >= 4 is 58.1 Å². The first-order chi connectivity index (χ1) is 15.0. The van der Waals surface area contributed by atoms with E-state index < -0.39 is 0 Å². The van der Waals surface area contributed by atoms with Crippen LogP contribution < -0.4 is 10.6 Å². The molecule has 0 unspecified atom stereocenters. The van der Waals surface area contributed by atoms with Gasteiger partial charge in [-0.2, -0.15) is 0 Å². The van der Waals surface area contributed by atoms with Crippen LogP contribution in [0.1, 0.15) is 56.5 Å². The van der Waals surface area contributed by atoms with Gasteiger partial charge in [-0.25, -0.2) is 4.98 Å². The molecule has 7 nitrogen and oxygen atoms in total. The van der Waals surface area contributed by atoms with Gasteiger partial charge >= 0.3 is 0 Å². The van der Waals surface area contributed by atoms with Gasteiger partial charge in [0.15, 0.2) is 5.01 Å². The average molecular weight is 494 g/mol. The fourth-order valence-electron chi connectivity index (χ4n) is 4.46. The van der Waals surface area contributed by atoms with Gasteiger partial charge in [-0.3, -0.25) is 14.5 Å². The summed E-state index contributed by atoms with van der Waals surface area (Å²) in [7, 11) is 2.05. The minimum atomic E-state index is -0.172. The number of carbonyl (C=O) groups excluding carboxylic acids is 2. The van der Waals surface area contributed by atoms with Gasteiger partial charge in [0.2, 0.25) is 0 Å². The van der Waals surface area contributed by atoms with Gasteiger partial charge in [-0.15, -0.1) is 23.7 Å². The summed E-state index contributed by atoms with van der Waals surface area (Å²) in [5.41, 5.74) is 2.36. The molecule has 1 aliphatic heterocycles. The van der Waals surface area contributed by atoms with Crippen molar-refractivity contribution in [2.45, 2.75) is 50.9 Å². The van der Waals surface area contributed by atoms with Gasteiger partial charge in [0.05, 0.1) is 5.69 Å². The van der Waals surface area contributed by atoms with Gasteiger partial charge in [-0.1, -0.05) is 24.4 Å². The zero-order valence-electron chi connectivity index (χ0n) is 17.6. The van der Waals surface area contributed by atoms with Crippen molar-refractivity contribution in [2.24, 2.45) is 0 Å². The molecule has 0 radical (unpaired) electrons. The Kier molecular flexibility index (Phi) is 6.76. The lowest BCUT2D eigenvalue weighted by atomic mass is 9.90. The van der Waals surface area contributed by atoms with Crippen LogP contribution in [0.25, 0.3) is 10.9 Å². The predicted octanol–water partition coefficient (Wildman–Crippen LogP) is 4.12. The quantitative estimate of drug-likeness (QED) is 0.509. The van der Waals surface area contributed by atoms with Crippen LogP contribution in [-0.4, -0.2) is 45.8 Å². The van der Waals surface area contributed by atoms with Crippen molar-refractivity contribution in [1.29, 1.82) is 0 Å². The summed E-state index contributed by atoms with van der Waals surface area (Å²) in [6, 6.07) is 7.07. The fraction of sp³-hybridized carbons (Fsp3) is 0.409. The number of nitrogens with zero attached hydrogens (tertiary/aromatic N) is 2. The predicted molar refractivity (Wildman–Crippen MR) is 129 cm³/mol. The molecule has 10 heteroatoms. The molecule has 2 atom stereocenters. The molecule has 2 aromatic heterocycles. The molecule has 2 aliphatic rings. The lowest BCUT2D eigenvalue weighted by molar-refractivity contribution is 0.0860. The minimum Gasteiger partial charge on any atom is -0.351 e. The van der Waals surface area contributed by atoms with Crippen LogP contribution in [0.5, 0.6) is 0 Å². The third-order valence-corrected chi connectivity index (χ3v) is 7.35. The minimum absolute atomic E-state index is 0. The van der Waals surface area contributed by atoms with E-state index >= 15 is 0 Å². The van der Waals surface area contributed by atoms with E-state index in [2.05, 4.69) is 25.5 Å². The largest absolute Gasteiger partial charge is 0.351 e. The number of H-pyrrole nitrogens is 1. The Morgan fingerprint density at radius 3 is 2.56 bits per heavy atom. The molecule has 5 rings (SSSR count). The highest BCUT2D eigenvalue weighted by Crippen LogP contribution is 2.28. The number of thiazole rings is 1. The normalized spacial score (nSPS) is 20.6. The molecule has 3 aromatic rings. The summed E-state index contributed by atoms with van der Waals surface area (Å²) in [5.74, 6) is -0.316. The summed E-state index contributed by atoms with van der Waals surface area (Å²) < 4.78 is 0. The third kappa shape index (κ3) is 4.64. The van der Waals surface area contributed by atoms with Crippen LogP contribution in [0.3, 0.4) is 0 Å². The van der Waals surface area contributed by atoms with Gasteiger partial charge in [-0.05, 0) is 44.2 Å². The number of fused-ring (bicyclic) bond motifs is 2. The van der Waals surface area contributed by atoms with Crippen LogP contribution in [0.2, 0.25) is 5.02 Å². The summed E-state index contributed by atoms with van der Waals surface area (Å²) >= 11 is 7.52. The molecular formula is C22H25Cl2N5O2S. The molecular weight excluding hydrogens is 469 g/mol. The zero-order chi connectivity index (χ0) is 21.5. The lowest BCUT2D eigenvalue weighted by Crippen LogP contribution is -2.53. The Balaban J connectivity index is 0.00000245. The maximum atomic E-state index is 12.9. The van der Waals surface area contributed by atoms with Crippen molar-refractivity contribution in [2.75, 3.05) is 7.05 Å². The monoisotopic (exact) mass is 493 g/mol. The number of aromatic amines is 1. The Labute approximate surface area is 201 Å². The average Bonchev–Trinajstić information content (AvgIpc) is 3.41. The van der Waals surface area contributed by atoms with Crippen LogP contribution in [0.15, 0.2) is 24.3 Å². The van der Waals surface area contributed by atoms with Crippen LogP contribution in [-0.2, 0) is 13.1 Å². The van der Waals surface area contributed by atoms with Gasteiger partial charge in [0.1, 0.15) is 5.69 Å². The number of carbonyl (C=O) groups is 2. The second-order valence-corrected chi connectivity index (χ2v) is 9.94. The van der Waals surface area contributed by atoms with E-state index in [-0.39, 0.29) is 36.3 Å². The number of halogens is 2. The van der Waals surface area contributed by atoms with Crippen molar-refractivity contribution < 1.29 is 9.59 Å². The van der Waals surface area contributed by atoms with E-state index in [9.17, 15) is 9.59 Å². The van der Waals surface area contributed by atoms with E-state index in [0.717, 1.165) is 55.4 Å². The number of rotatable bonds is 4. The van der Waals surface area contributed by atoms with Crippen molar-refractivity contribution in [3.05, 3.63) is 50.6 Å². The number of hydrogen-bond donors (Lipinski definition) is 3. The maximum Gasteiger partial charge on any atom is 0.280 e. The highest BCUT2D eigenvalue weighted by Gasteiger charge is 2.30. The summed E-state index contributed by atoms with van der Waals surface area (Å²) in [5, 5.41) is 8.29. The third-order valence-electron chi connectivity index (χ3n) is 6.03. The number of aromatic nitrogens is 2. The lowest BCUT2D eigenvalue weighted by Gasteiger charge is -2.32. The molecule has 3 heterocycles. The number of benzene rings is 1. The Bertz CT molecular complexity index is 1140. The molecule has 0 bridgehead atoms. The van der Waals surface area contributed by atoms with E-state index in [1.165, 1.54) is 16.2 Å². The maximum absolute atomic E-state index is 12.9. The fourth-order valence-corrected chi connectivity index (χ4v) is 5.70. The second kappa shape index (κ2) is 9.39. The summed E-state index contributed by atoms with van der Waals surface area (Å²) in [6.07, 6.45) is 3.73. The molecule has 1 aliphatic carbocycles. The summed E-state index contributed by atoms with van der Waals surface area (Å²) in [6.45, 7) is 1.63. The Hall–Kier alpha value is -2.13. The Morgan fingerprint density at radius 1 is 1.12 bits per heavy atom.